The lowest BCUT2D eigenvalue weighted by atomic mass is 9.88. The van der Waals surface area contributed by atoms with E-state index in [2.05, 4.69) is 30.4 Å². The Morgan fingerprint density at radius 2 is 1.90 bits per heavy atom. The zero-order valence-electron chi connectivity index (χ0n) is 16.3. The number of anilines is 1. The van der Waals surface area contributed by atoms with E-state index in [9.17, 15) is 4.79 Å². The quantitative estimate of drug-likeness (QED) is 0.421. The van der Waals surface area contributed by atoms with E-state index in [1.54, 1.807) is 22.7 Å². The summed E-state index contributed by atoms with van der Waals surface area (Å²) >= 11 is 3.46. The van der Waals surface area contributed by atoms with Crippen LogP contribution in [0, 0.1) is 5.92 Å². The first kappa shape index (κ1) is 18.5. The summed E-state index contributed by atoms with van der Waals surface area (Å²) in [5.74, 6) is 0.724. The maximum Gasteiger partial charge on any atom is 0.229 e. The Kier molecular flexibility index (Phi) is 4.94. The Bertz CT molecular complexity index is 1140. The number of amides is 1. The average molecular weight is 419 g/mol. The summed E-state index contributed by atoms with van der Waals surface area (Å²) in [6, 6.07) is 18.2. The van der Waals surface area contributed by atoms with Crippen LogP contribution in [0.15, 0.2) is 54.6 Å². The van der Waals surface area contributed by atoms with Crippen molar-refractivity contribution in [3.05, 3.63) is 70.6 Å². The first-order valence-corrected chi connectivity index (χ1v) is 11.6. The molecule has 3 nitrogen and oxygen atoms in total. The van der Waals surface area contributed by atoms with Gasteiger partial charge in [0, 0.05) is 10.4 Å². The van der Waals surface area contributed by atoms with Gasteiger partial charge in [0.2, 0.25) is 5.91 Å². The molecule has 1 atom stereocenters. The van der Waals surface area contributed by atoms with Crippen LogP contribution in [0.25, 0.3) is 20.8 Å². The summed E-state index contributed by atoms with van der Waals surface area (Å²) in [5.41, 5.74) is 4.60. The average Bonchev–Trinajstić information content (AvgIpc) is 3.28. The van der Waals surface area contributed by atoms with Crippen molar-refractivity contribution in [3.8, 4) is 10.6 Å². The maximum absolute atomic E-state index is 12.8. The molecular weight excluding hydrogens is 396 g/mol. The van der Waals surface area contributed by atoms with Crippen molar-refractivity contribution in [1.82, 2.24) is 4.98 Å². The Hall–Kier alpha value is -2.50. The number of fused-ring (bicyclic) bond motifs is 2. The van der Waals surface area contributed by atoms with Crippen LogP contribution in [0.5, 0.6) is 0 Å². The molecule has 1 unspecified atom stereocenters. The predicted molar refractivity (Wildman–Crippen MR) is 123 cm³/mol. The van der Waals surface area contributed by atoms with Crippen molar-refractivity contribution in [3.63, 3.8) is 0 Å². The number of thiophene rings is 1. The lowest BCUT2D eigenvalue weighted by molar-refractivity contribution is -0.115. The number of thiazole rings is 1. The van der Waals surface area contributed by atoms with E-state index in [0.29, 0.717) is 12.3 Å². The Morgan fingerprint density at radius 1 is 1.10 bits per heavy atom. The van der Waals surface area contributed by atoms with Crippen molar-refractivity contribution in [1.29, 1.82) is 0 Å². The number of para-hydroxylation sites is 1. The van der Waals surface area contributed by atoms with Crippen LogP contribution in [0.3, 0.4) is 0 Å². The van der Waals surface area contributed by atoms with E-state index < -0.39 is 0 Å². The monoisotopic (exact) mass is 418 g/mol. The Labute approximate surface area is 178 Å². The van der Waals surface area contributed by atoms with E-state index in [-0.39, 0.29) is 5.91 Å². The van der Waals surface area contributed by atoms with Gasteiger partial charge in [0.1, 0.15) is 10.0 Å². The number of rotatable bonds is 4. The molecular formula is C24H22N2OS2. The van der Waals surface area contributed by atoms with Crippen LogP contribution in [0.1, 0.15) is 29.3 Å². The second kappa shape index (κ2) is 7.73. The van der Waals surface area contributed by atoms with E-state index in [4.69, 9.17) is 4.98 Å². The maximum atomic E-state index is 12.8. The molecule has 2 aromatic heterocycles. The Balaban J connectivity index is 1.53. The number of hydrogen-bond acceptors (Lipinski definition) is 4. The summed E-state index contributed by atoms with van der Waals surface area (Å²) in [6.07, 6.45) is 3.73. The van der Waals surface area contributed by atoms with Crippen LogP contribution in [0.2, 0.25) is 0 Å². The second-order valence-electron chi connectivity index (χ2n) is 7.75. The first-order valence-electron chi connectivity index (χ1n) is 10.0. The topological polar surface area (TPSA) is 42.0 Å². The highest BCUT2D eigenvalue weighted by molar-refractivity contribution is 7.22. The van der Waals surface area contributed by atoms with Gasteiger partial charge in [0.05, 0.1) is 16.6 Å². The molecule has 4 aromatic rings. The third-order valence-corrected chi connectivity index (χ3v) is 7.70. The minimum atomic E-state index is 0.0326. The van der Waals surface area contributed by atoms with E-state index >= 15 is 0 Å². The number of aromatic nitrogens is 1. The molecule has 1 N–H and O–H groups in total. The minimum absolute atomic E-state index is 0.0326. The fourth-order valence-electron chi connectivity index (χ4n) is 4.00. The van der Waals surface area contributed by atoms with E-state index in [1.807, 2.05) is 36.4 Å². The van der Waals surface area contributed by atoms with Crippen LogP contribution in [-0.4, -0.2) is 10.9 Å². The van der Waals surface area contributed by atoms with Gasteiger partial charge in [-0.3, -0.25) is 4.79 Å². The number of benzene rings is 2. The molecule has 0 bridgehead atoms. The van der Waals surface area contributed by atoms with Gasteiger partial charge in [-0.05, 0) is 48.4 Å². The molecule has 29 heavy (non-hydrogen) atoms. The number of carbonyl (C=O) groups excluding carboxylic acids is 1. The van der Waals surface area contributed by atoms with E-state index in [1.165, 1.54) is 21.6 Å². The lowest BCUT2D eigenvalue weighted by Gasteiger charge is -2.18. The standard InChI is InChI=1S/C24H22N2OS2/c1-15-11-12-17-20(13-15)29-24(26-21(27)14-16-7-3-2-4-8-16)22(17)23-25-18-9-5-6-10-19(18)28-23/h2-10,15H,11-14H2,1H3,(H,26,27). The molecule has 1 aliphatic rings. The van der Waals surface area contributed by atoms with Crippen LogP contribution in [0.4, 0.5) is 5.00 Å². The minimum Gasteiger partial charge on any atom is -0.317 e. The summed E-state index contributed by atoms with van der Waals surface area (Å²) in [4.78, 5) is 19.1. The number of nitrogens with zero attached hydrogens (tertiary/aromatic N) is 1. The normalized spacial score (nSPS) is 16.0. The summed E-state index contributed by atoms with van der Waals surface area (Å²) < 4.78 is 1.19. The molecule has 0 saturated carbocycles. The molecule has 1 amide bonds. The molecule has 0 saturated heterocycles. The zero-order valence-corrected chi connectivity index (χ0v) is 17.9. The van der Waals surface area contributed by atoms with E-state index in [0.717, 1.165) is 39.5 Å². The summed E-state index contributed by atoms with van der Waals surface area (Å²) in [7, 11) is 0. The third-order valence-electron chi connectivity index (χ3n) is 5.48. The SMILES string of the molecule is CC1CCc2c(sc(NC(=O)Cc3ccccc3)c2-c2nc3ccccc3s2)C1. The highest BCUT2D eigenvalue weighted by Crippen LogP contribution is 2.47. The number of carbonyl (C=O) groups is 1. The molecule has 5 heteroatoms. The largest absolute Gasteiger partial charge is 0.317 e. The third kappa shape index (κ3) is 3.72. The fraction of sp³-hybridized carbons (Fsp3) is 0.250. The van der Waals surface area contributed by atoms with Crippen molar-refractivity contribution in [2.75, 3.05) is 5.32 Å². The molecule has 1 aliphatic carbocycles. The predicted octanol–water partition coefficient (Wildman–Crippen LogP) is 6.33. The second-order valence-corrected chi connectivity index (χ2v) is 9.89. The summed E-state index contributed by atoms with van der Waals surface area (Å²) in [5, 5.41) is 5.20. The molecule has 146 valence electrons. The highest BCUT2D eigenvalue weighted by atomic mass is 32.1. The molecule has 5 rings (SSSR count). The van der Waals surface area contributed by atoms with Gasteiger partial charge in [-0.25, -0.2) is 4.98 Å². The molecule has 0 aliphatic heterocycles. The van der Waals surface area contributed by atoms with Crippen LogP contribution in [-0.2, 0) is 24.1 Å². The van der Waals surface area contributed by atoms with Gasteiger partial charge in [-0.15, -0.1) is 22.7 Å². The van der Waals surface area contributed by atoms with Crippen molar-refractivity contribution < 1.29 is 4.79 Å². The molecule has 0 spiro atoms. The van der Waals surface area contributed by atoms with Gasteiger partial charge >= 0.3 is 0 Å². The first-order chi connectivity index (χ1) is 14.2. The van der Waals surface area contributed by atoms with Crippen LogP contribution >= 0.6 is 22.7 Å². The van der Waals surface area contributed by atoms with Crippen molar-refractivity contribution in [2.45, 2.75) is 32.6 Å². The van der Waals surface area contributed by atoms with Crippen molar-refractivity contribution >= 4 is 43.8 Å². The van der Waals surface area contributed by atoms with Gasteiger partial charge in [0.25, 0.3) is 0 Å². The molecule has 0 radical (unpaired) electrons. The van der Waals surface area contributed by atoms with Gasteiger partial charge in [-0.1, -0.05) is 49.4 Å². The van der Waals surface area contributed by atoms with Gasteiger partial charge in [0.15, 0.2) is 0 Å². The fourth-order valence-corrected chi connectivity index (χ4v) is 6.53. The van der Waals surface area contributed by atoms with Crippen LogP contribution < -0.4 is 5.32 Å². The Morgan fingerprint density at radius 3 is 2.72 bits per heavy atom. The summed E-state index contributed by atoms with van der Waals surface area (Å²) in [6.45, 7) is 2.31. The number of nitrogens with one attached hydrogen (secondary N) is 1. The van der Waals surface area contributed by atoms with Gasteiger partial charge in [-0.2, -0.15) is 0 Å². The highest BCUT2D eigenvalue weighted by Gasteiger charge is 2.27. The smallest absolute Gasteiger partial charge is 0.229 e. The molecule has 2 aromatic carbocycles. The number of hydrogen-bond donors (Lipinski definition) is 1. The zero-order chi connectivity index (χ0) is 19.8. The lowest BCUT2D eigenvalue weighted by Crippen LogP contribution is -2.14. The molecule has 0 fully saturated rings. The molecule has 2 heterocycles. The van der Waals surface area contributed by atoms with Crippen molar-refractivity contribution in [2.24, 2.45) is 5.92 Å². The van der Waals surface area contributed by atoms with Gasteiger partial charge < -0.3 is 5.32 Å².